The molecule has 5 nitrogen and oxygen atoms in total. The summed E-state index contributed by atoms with van der Waals surface area (Å²) < 4.78 is 0.815. The highest BCUT2D eigenvalue weighted by molar-refractivity contribution is 14.1. The fraction of sp³-hybridized carbons (Fsp3) is 0.286. The van der Waals surface area contributed by atoms with Gasteiger partial charge in [0.25, 0.3) is 0 Å². The molecule has 1 rings (SSSR count). The molecule has 0 saturated carbocycles. The van der Waals surface area contributed by atoms with E-state index in [-0.39, 0.29) is 5.69 Å². The molecule has 0 atom stereocenters. The molecule has 0 aliphatic heterocycles. The van der Waals surface area contributed by atoms with Crippen LogP contribution in [0.3, 0.4) is 0 Å². The first-order chi connectivity index (χ1) is 6.09. The second-order valence-corrected chi connectivity index (χ2v) is 3.76. The molecule has 6 heteroatoms. The lowest BCUT2D eigenvalue weighted by Gasteiger charge is -2.02. The molecule has 0 amide bonds. The summed E-state index contributed by atoms with van der Waals surface area (Å²) in [6.07, 6.45) is 3.11. The molecular weight excluding hydrogens is 283 g/mol. The van der Waals surface area contributed by atoms with Crippen LogP contribution in [0.25, 0.3) is 0 Å². The topological polar surface area (TPSA) is 61.4 Å². The third kappa shape index (κ3) is 3.13. The van der Waals surface area contributed by atoms with Gasteiger partial charge in [-0.2, -0.15) is 0 Å². The minimum absolute atomic E-state index is 0.383. The molecule has 1 aromatic heterocycles. The highest BCUT2D eigenvalue weighted by atomic mass is 127. The fourth-order valence-electron chi connectivity index (χ4n) is 0.637. The van der Waals surface area contributed by atoms with Crippen LogP contribution in [0.15, 0.2) is 16.0 Å². The summed E-state index contributed by atoms with van der Waals surface area (Å²) >= 11 is 2.06. The van der Waals surface area contributed by atoms with Crippen molar-refractivity contribution in [3.63, 3.8) is 0 Å². The van der Waals surface area contributed by atoms with Crippen molar-refractivity contribution in [2.45, 2.75) is 0 Å². The van der Waals surface area contributed by atoms with Crippen LogP contribution in [0.5, 0.6) is 0 Å². The molecule has 0 bridgehead atoms. The normalized spacial score (nSPS) is 10.7. The second kappa shape index (κ2) is 4.35. The zero-order valence-corrected chi connectivity index (χ0v) is 9.44. The van der Waals surface area contributed by atoms with Gasteiger partial charge in [-0.05, 0) is 22.6 Å². The van der Waals surface area contributed by atoms with Crippen molar-refractivity contribution in [1.82, 2.24) is 14.9 Å². The standard InChI is InChI=1S/C7H9IN4O/c1-12(2)4-10-6-5(8)3-9-7(13)11-6/h3-4H,1-2H3,(H,9,11,13). The van der Waals surface area contributed by atoms with E-state index < -0.39 is 0 Å². The SMILES string of the molecule is CN(C)C=Nc1[nH]c(=O)ncc1I. The summed E-state index contributed by atoms with van der Waals surface area (Å²) in [5.41, 5.74) is -0.383. The van der Waals surface area contributed by atoms with Gasteiger partial charge in [0, 0.05) is 20.3 Å². The van der Waals surface area contributed by atoms with Gasteiger partial charge in [-0.3, -0.25) is 4.98 Å². The number of rotatable bonds is 2. The molecule has 1 aromatic rings. The first-order valence-corrected chi connectivity index (χ1v) is 4.63. The lowest BCUT2D eigenvalue weighted by Crippen LogP contribution is -2.11. The molecule has 0 spiro atoms. The smallest absolute Gasteiger partial charge is 0.346 e. The molecular formula is C7H9IN4O. The van der Waals surface area contributed by atoms with Crippen LogP contribution < -0.4 is 5.69 Å². The van der Waals surface area contributed by atoms with Crippen molar-refractivity contribution < 1.29 is 0 Å². The maximum atomic E-state index is 10.8. The van der Waals surface area contributed by atoms with E-state index in [2.05, 4.69) is 37.6 Å². The molecule has 0 aromatic carbocycles. The van der Waals surface area contributed by atoms with Crippen molar-refractivity contribution >= 4 is 34.7 Å². The Labute approximate surface area is 89.0 Å². The van der Waals surface area contributed by atoms with E-state index in [0.717, 1.165) is 3.57 Å². The summed E-state index contributed by atoms with van der Waals surface area (Å²) in [6.45, 7) is 0. The lowest BCUT2D eigenvalue weighted by atomic mass is 10.6. The molecule has 70 valence electrons. The van der Waals surface area contributed by atoms with Gasteiger partial charge in [0.2, 0.25) is 0 Å². The highest BCUT2D eigenvalue weighted by Gasteiger charge is 1.97. The molecule has 1 heterocycles. The maximum absolute atomic E-state index is 10.8. The number of aromatic nitrogens is 2. The van der Waals surface area contributed by atoms with Gasteiger partial charge >= 0.3 is 5.69 Å². The maximum Gasteiger partial charge on any atom is 0.346 e. The zero-order chi connectivity index (χ0) is 9.84. The first-order valence-electron chi connectivity index (χ1n) is 3.55. The van der Waals surface area contributed by atoms with Crippen molar-refractivity contribution in [2.24, 2.45) is 4.99 Å². The van der Waals surface area contributed by atoms with E-state index in [1.807, 2.05) is 14.1 Å². The van der Waals surface area contributed by atoms with Gasteiger partial charge in [0.1, 0.15) is 0 Å². The average molecular weight is 292 g/mol. The van der Waals surface area contributed by atoms with E-state index in [4.69, 9.17) is 0 Å². The Bertz CT molecular complexity index is 371. The van der Waals surface area contributed by atoms with E-state index in [1.54, 1.807) is 11.2 Å². The summed E-state index contributed by atoms with van der Waals surface area (Å²) in [7, 11) is 3.71. The highest BCUT2D eigenvalue weighted by Crippen LogP contribution is 2.13. The Morgan fingerprint density at radius 1 is 1.69 bits per heavy atom. The fourth-order valence-corrected chi connectivity index (χ4v) is 1.05. The van der Waals surface area contributed by atoms with Crippen LogP contribution in [-0.4, -0.2) is 35.3 Å². The van der Waals surface area contributed by atoms with E-state index in [0.29, 0.717) is 5.82 Å². The number of halogens is 1. The minimum atomic E-state index is -0.383. The summed E-state index contributed by atoms with van der Waals surface area (Å²) in [5, 5.41) is 0. The number of nitrogens with one attached hydrogen (secondary N) is 1. The number of hydrogen-bond acceptors (Lipinski definition) is 3. The number of aliphatic imine (C=N–C) groups is 1. The summed E-state index contributed by atoms with van der Waals surface area (Å²) in [6, 6.07) is 0. The number of aromatic amines is 1. The molecule has 0 aliphatic carbocycles. The zero-order valence-electron chi connectivity index (χ0n) is 7.28. The number of nitrogens with zero attached hydrogens (tertiary/aromatic N) is 3. The van der Waals surface area contributed by atoms with Crippen LogP contribution in [-0.2, 0) is 0 Å². The molecule has 0 radical (unpaired) electrons. The molecule has 13 heavy (non-hydrogen) atoms. The summed E-state index contributed by atoms with van der Waals surface area (Å²) in [4.78, 5) is 22.8. The second-order valence-electron chi connectivity index (χ2n) is 2.59. The Morgan fingerprint density at radius 3 is 3.00 bits per heavy atom. The van der Waals surface area contributed by atoms with Gasteiger partial charge in [0.15, 0.2) is 5.82 Å². The molecule has 0 saturated heterocycles. The molecule has 0 unspecified atom stereocenters. The van der Waals surface area contributed by atoms with Crippen LogP contribution in [0.1, 0.15) is 0 Å². The largest absolute Gasteiger partial charge is 0.369 e. The number of H-pyrrole nitrogens is 1. The van der Waals surface area contributed by atoms with Crippen molar-refractivity contribution in [1.29, 1.82) is 0 Å². The molecule has 0 aliphatic rings. The average Bonchev–Trinajstić information content (AvgIpc) is 2.06. The van der Waals surface area contributed by atoms with Gasteiger partial charge in [-0.25, -0.2) is 14.8 Å². The predicted molar refractivity (Wildman–Crippen MR) is 59.4 cm³/mol. The Hall–Kier alpha value is -0.920. The van der Waals surface area contributed by atoms with Crippen molar-refractivity contribution in [2.75, 3.05) is 14.1 Å². The molecule has 1 N–H and O–H groups in total. The third-order valence-corrected chi connectivity index (χ3v) is 1.95. The van der Waals surface area contributed by atoms with E-state index >= 15 is 0 Å². The van der Waals surface area contributed by atoms with Crippen LogP contribution in [0, 0.1) is 3.57 Å². The van der Waals surface area contributed by atoms with Gasteiger partial charge in [-0.15, -0.1) is 0 Å². The number of hydrogen-bond donors (Lipinski definition) is 1. The Morgan fingerprint density at radius 2 is 2.38 bits per heavy atom. The van der Waals surface area contributed by atoms with Gasteiger partial charge in [-0.1, -0.05) is 0 Å². The molecule has 0 fully saturated rings. The van der Waals surface area contributed by atoms with Crippen LogP contribution in [0.2, 0.25) is 0 Å². The Balaban J connectivity index is 3.00. The summed E-state index contributed by atoms with van der Waals surface area (Å²) in [5.74, 6) is 0.536. The van der Waals surface area contributed by atoms with Crippen LogP contribution in [0.4, 0.5) is 5.82 Å². The van der Waals surface area contributed by atoms with Gasteiger partial charge in [0.05, 0.1) is 9.91 Å². The third-order valence-electron chi connectivity index (χ3n) is 1.16. The van der Waals surface area contributed by atoms with Gasteiger partial charge < -0.3 is 4.90 Å². The predicted octanol–water partition coefficient (Wildman–Crippen LogP) is 0.596. The quantitative estimate of drug-likeness (QED) is 0.493. The minimum Gasteiger partial charge on any atom is -0.369 e. The van der Waals surface area contributed by atoms with E-state index in [9.17, 15) is 4.79 Å². The lowest BCUT2D eigenvalue weighted by molar-refractivity contribution is 0.643. The van der Waals surface area contributed by atoms with E-state index in [1.165, 1.54) is 6.20 Å². The van der Waals surface area contributed by atoms with Crippen LogP contribution >= 0.6 is 22.6 Å². The van der Waals surface area contributed by atoms with Crippen molar-refractivity contribution in [3.05, 3.63) is 20.3 Å². The Kier molecular flexibility index (Phi) is 3.40. The van der Waals surface area contributed by atoms with Crippen molar-refractivity contribution in [3.8, 4) is 0 Å². The monoisotopic (exact) mass is 292 g/mol. The first kappa shape index (κ1) is 10.2.